The standard InChI is InChI=1S/C36H30Cl2N4O2/c1-21-10-11-26(36(43)44-4)18-30(21)40-22(2)33-32(29-17-16-28(38)19-31(29)41-33)35-34(25-8-6-5-7-9-25)39-20-42(35)23(3)24-12-14-27(37)15-13-24/h5-20,23,40-41H,2H2,1,3-4H3/t23-/m0/s1. The topological polar surface area (TPSA) is 71.9 Å². The Labute approximate surface area is 265 Å². The van der Waals surface area contributed by atoms with Crippen LogP contribution in [0.15, 0.2) is 104 Å². The van der Waals surface area contributed by atoms with Gasteiger partial charge in [0.2, 0.25) is 0 Å². The Bertz CT molecular complexity index is 2010. The van der Waals surface area contributed by atoms with Gasteiger partial charge < -0.3 is 19.6 Å². The summed E-state index contributed by atoms with van der Waals surface area (Å²) >= 11 is 12.7. The molecule has 44 heavy (non-hydrogen) atoms. The molecule has 0 saturated heterocycles. The molecule has 6 rings (SSSR count). The smallest absolute Gasteiger partial charge is 0.337 e. The summed E-state index contributed by atoms with van der Waals surface area (Å²) in [4.78, 5) is 20.8. The number of aryl methyl sites for hydroxylation is 1. The van der Waals surface area contributed by atoms with E-state index < -0.39 is 5.97 Å². The molecule has 0 radical (unpaired) electrons. The lowest BCUT2D eigenvalue weighted by atomic mass is 9.99. The van der Waals surface area contributed by atoms with Crippen molar-refractivity contribution in [2.24, 2.45) is 0 Å². The van der Waals surface area contributed by atoms with E-state index in [9.17, 15) is 4.79 Å². The zero-order chi connectivity index (χ0) is 31.0. The van der Waals surface area contributed by atoms with Crippen LogP contribution in [0.4, 0.5) is 5.69 Å². The van der Waals surface area contributed by atoms with Gasteiger partial charge in [-0.1, -0.05) is 84.4 Å². The highest BCUT2D eigenvalue weighted by Gasteiger charge is 2.26. The van der Waals surface area contributed by atoms with Crippen molar-refractivity contribution in [2.45, 2.75) is 19.9 Å². The number of methoxy groups -OCH3 is 1. The molecule has 220 valence electrons. The van der Waals surface area contributed by atoms with Crippen LogP contribution in [0.5, 0.6) is 0 Å². The van der Waals surface area contributed by atoms with Crippen molar-refractivity contribution in [1.82, 2.24) is 14.5 Å². The van der Waals surface area contributed by atoms with Crippen LogP contribution < -0.4 is 5.32 Å². The fourth-order valence-electron chi connectivity index (χ4n) is 5.48. The number of nitrogens with one attached hydrogen (secondary N) is 2. The van der Waals surface area contributed by atoms with E-state index in [1.165, 1.54) is 7.11 Å². The van der Waals surface area contributed by atoms with Crippen molar-refractivity contribution < 1.29 is 9.53 Å². The highest BCUT2D eigenvalue weighted by molar-refractivity contribution is 6.31. The number of carbonyl (C=O) groups is 1. The van der Waals surface area contributed by atoms with Crippen LogP contribution in [-0.4, -0.2) is 27.6 Å². The molecule has 8 heteroatoms. The van der Waals surface area contributed by atoms with Gasteiger partial charge in [-0.25, -0.2) is 9.78 Å². The molecule has 0 saturated carbocycles. The average Bonchev–Trinajstić information content (AvgIpc) is 3.63. The number of fused-ring (bicyclic) bond motifs is 1. The van der Waals surface area contributed by atoms with Gasteiger partial charge in [-0.05, 0) is 61.4 Å². The Hall–Kier alpha value is -4.78. The lowest BCUT2D eigenvalue weighted by molar-refractivity contribution is 0.0601. The molecule has 1 atom stereocenters. The fourth-order valence-corrected chi connectivity index (χ4v) is 5.78. The minimum atomic E-state index is -0.410. The van der Waals surface area contributed by atoms with E-state index in [4.69, 9.17) is 32.9 Å². The van der Waals surface area contributed by atoms with Gasteiger partial charge in [0.05, 0.1) is 47.8 Å². The number of esters is 1. The molecule has 6 aromatic rings. The molecule has 2 heterocycles. The largest absolute Gasteiger partial charge is 0.465 e. The zero-order valence-electron chi connectivity index (χ0n) is 24.5. The van der Waals surface area contributed by atoms with E-state index >= 15 is 0 Å². The third-order valence-corrected chi connectivity index (χ3v) is 8.34. The SMILES string of the molecule is C=C(Nc1cc(C(=O)OC)ccc1C)c1[nH]c2cc(Cl)ccc2c1-c1c(-c2ccccc2)ncn1[C@@H](C)c1ccc(Cl)cc1. The van der Waals surface area contributed by atoms with Crippen LogP contribution in [0.1, 0.15) is 40.1 Å². The highest BCUT2D eigenvalue weighted by Crippen LogP contribution is 2.43. The van der Waals surface area contributed by atoms with E-state index in [1.807, 2.05) is 80.0 Å². The molecular formula is C36H30Cl2N4O2. The predicted molar refractivity (Wildman–Crippen MR) is 180 cm³/mol. The fraction of sp³-hybridized carbons (Fsp3) is 0.111. The summed E-state index contributed by atoms with van der Waals surface area (Å²) < 4.78 is 7.13. The molecule has 0 amide bonds. The third kappa shape index (κ3) is 5.50. The number of rotatable bonds is 8. The maximum atomic E-state index is 12.3. The zero-order valence-corrected chi connectivity index (χ0v) is 26.0. The van der Waals surface area contributed by atoms with Gasteiger partial charge in [0.1, 0.15) is 0 Å². The van der Waals surface area contributed by atoms with Crippen molar-refractivity contribution >= 4 is 51.5 Å². The minimum Gasteiger partial charge on any atom is -0.465 e. The molecule has 0 fully saturated rings. The second-order valence-electron chi connectivity index (χ2n) is 10.6. The lowest BCUT2D eigenvalue weighted by Gasteiger charge is -2.20. The van der Waals surface area contributed by atoms with Crippen LogP contribution >= 0.6 is 23.2 Å². The van der Waals surface area contributed by atoms with Crippen LogP contribution in [0.25, 0.3) is 39.1 Å². The second kappa shape index (κ2) is 12.1. The highest BCUT2D eigenvalue weighted by atomic mass is 35.5. The van der Waals surface area contributed by atoms with Crippen LogP contribution in [-0.2, 0) is 4.74 Å². The van der Waals surface area contributed by atoms with Gasteiger partial charge >= 0.3 is 5.97 Å². The number of halogens is 2. The number of benzene rings is 4. The van der Waals surface area contributed by atoms with Crippen molar-refractivity contribution in [3.63, 3.8) is 0 Å². The first-order valence-corrected chi connectivity index (χ1v) is 14.8. The predicted octanol–water partition coefficient (Wildman–Crippen LogP) is 9.79. The number of ether oxygens (including phenoxy) is 1. The van der Waals surface area contributed by atoms with Gasteiger partial charge in [0.15, 0.2) is 0 Å². The van der Waals surface area contributed by atoms with Crippen LogP contribution in [0.2, 0.25) is 10.0 Å². The molecular weight excluding hydrogens is 591 g/mol. The number of hydrogen-bond donors (Lipinski definition) is 2. The number of H-pyrrole nitrogens is 1. The lowest BCUT2D eigenvalue weighted by Crippen LogP contribution is -2.09. The number of imidazole rings is 1. The number of aromatic amines is 1. The van der Waals surface area contributed by atoms with E-state index in [1.54, 1.807) is 12.1 Å². The Morgan fingerprint density at radius 2 is 1.70 bits per heavy atom. The van der Waals surface area contributed by atoms with E-state index in [2.05, 4.69) is 40.5 Å². The summed E-state index contributed by atoms with van der Waals surface area (Å²) in [6, 6.07) is 29.1. The molecule has 0 aliphatic heterocycles. The first-order valence-electron chi connectivity index (χ1n) is 14.1. The van der Waals surface area contributed by atoms with E-state index in [0.29, 0.717) is 21.3 Å². The summed E-state index contributed by atoms with van der Waals surface area (Å²) in [6.07, 6.45) is 1.88. The maximum Gasteiger partial charge on any atom is 0.337 e. The molecule has 2 aromatic heterocycles. The molecule has 0 aliphatic carbocycles. The normalized spacial score (nSPS) is 11.8. The number of nitrogens with zero attached hydrogens (tertiary/aromatic N) is 2. The quantitative estimate of drug-likeness (QED) is 0.166. The molecule has 4 aromatic carbocycles. The van der Waals surface area contributed by atoms with Crippen molar-refractivity contribution in [3.8, 4) is 22.5 Å². The van der Waals surface area contributed by atoms with Crippen LogP contribution in [0, 0.1) is 6.92 Å². The van der Waals surface area contributed by atoms with Gasteiger partial charge in [0, 0.05) is 37.8 Å². The number of anilines is 1. The molecule has 0 unspecified atom stereocenters. The third-order valence-electron chi connectivity index (χ3n) is 7.85. The summed E-state index contributed by atoms with van der Waals surface area (Å²) in [5.41, 5.74) is 9.13. The van der Waals surface area contributed by atoms with Crippen LogP contribution in [0.3, 0.4) is 0 Å². The number of aromatic nitrogens is 3. The summed E-state index contributed by atoms with van der Waals surface area (Å²) in [5, 5.41) is 5.72. The van der Waals surface area contributed by atoms with Crippen molar-refractivity contribution in [1.29, 1.82) is 0 Å². The second-order valence-corrected chi connectivity index (χ2v) is 11.5. The van der Waals surface area contributed by atoms with Gasteiger partial charge in [-0.2, -0.15) is 0 Å². The molecule has 0 spiro atoms. The molecule has 6 nitrogen and oxygen atoms in total. The van der Waals surface area contributed by atoms with Gasteiger partial charge in [-0.15, -0.1) is 0 Å². The Morgan fingerprint density at radius 3 is 2.43 bits per heavy atom. The molecule has 0 aliphatic rings. The summed E-state index contributed by atoms with van der Waals surface area (Å²) in [6.45, 7) is 8.57. The molecule has 0 bridgehead atoms. The summed E-state index contributed by atoms with van der Waals surface area (Å²) in [5.74, 6) is -0.410. The van der Waals surface area contributed by atoms with Gasteiger partial charge in [-0.3, -0.25) is 0 Å². The van der Waals surface area contributed by atoms with Crippen molar-refractivity contribution in [3.05, 3.63) is 136 Å². The maximum absolute atomic E-state index is 12.3. The first-order chi connectivity index (χ1) is 21.2. The number of hydrogen-bond acceptors (Lipinski definition) is 4. The minimum absolute atomic E-state index is 0.0717. The number of carbonyl (C=O) groups excluding carboxylic acids is 1. The van der Waals surface area contributed by atoms with E-state index in [0.717, 1.165) is 55.9 Å². The first kappa shape index (κ1) is 29.3. The Morgan fingerprint density at radius 1 is 0.977 bits per heavy atom. The van der Waals surface area contributed by atoms with E-state index in [-0.39, 0.29) is 6.04 Å². The van der Waals surface area contributed by atoms with Gasteiger partial charge in [0.25, 0.3) is 0 Å². The Balaban J connectivity index is 1.57. The molecule has 2 N–H and O–H groups in total. The Kier molecular flexibility index (Phi) is 8.04. The monoisotopic (exact) mass is 620 g/mol. The summed E-state index contributed by atoms with van der Waals surface area (Å²) in [7, 11) is 1.37. The van der Waals surface area contributed by atoms with Crippen molar-refractivity contribution in [2.75, 3.05) is 12.4 Å². The average molecular weight is 622 g/mol.